The Hall–Kier alpha value is -6.58. The van der Waals surface area contributed by atoms with Crippen LogP contribution in [0.3, 0.4) is 0 Å². The van der Waals surface area contributed by atoms with E-state index in [4.69, 9.17) is 4.42 Å². The predicted molar refractivity (Wildman–Crippen MR) is 215 cm³/mol. The van der Waals surface area contributed by atoms with Crippen LogP contribution in [0.1, 0.15) is 12.8 Å². The summed E-state index contributed by atoms with van der Waals surface area (Å²) in [4.78, 5) is 0. The molecule has 3 nitrogen and oxygen atoms in total. The lowest BCUT2D eigenvalue weighted by Gasteiger charge is -2.12. The minimum atomic E-state index is 0.899. The fourth-order valence-corrected chi connectivity index (χ4v) is 8.53. The molecule has 0 aliphatic heterocycles. The highest BCUT2D eigenvalue weighted by atomic mass is 16.3. The summed E-state index contributed by atoms with van der Waals surface area (Å²) < 4.78 is 11.3. The first-order chi connectivity index (χ1) is 25.3. The molecule has 51 heavy (non-hydrogen) atoms. The number of rotatable bonds is 4. The number of allylic oxidation sites excluding steroid dienone is 4. The normalized spacial score (nSPS) is 13.4. The SMILES string of the molecule is C1=CC(n2c3ccccc3c3c(-c4ccc5oc6ccc(-c7cccc8c7c7ccccc7n8-c7ccccc7)cc6c5c4)cccc32)=CCC1. The molecule has 0 N–H and O–H groups in total. The van der Waals surface area contributed by atoms with E-state index in [0.29, 0.717) is 0 Å². The van der Waals surface area contributed by atoms with Gasteiger partial charge in [-0.25, -0.2) is 0 Å². The summed E-state index contributed by atoms with van der Waals surface area (Å²) in [5.74, 6) is 0. The molecule has 0 fully saturated rings. The molecule has 0 spiro atoms. The van der Waals surface area contributed by atoms with Crippen LogP contribution in [-0.2, 0) is 0 Å². The van der Waals surface area contributed by atoms with E-state index in [2.05, 4.69) is 179 Å². The number of aromatic nitrogens is 2. The van der Waals surface area contributed by atoms with Gasteiger partial charge in [0.2, 0.25) is 0 Å². The van der Waals surface area contributed by atoms with E-state index in [9.17, 15) is 0 Å². The monoisotopic (exact) mass is 652 g/mol. The van der Waals surface area contributed by atoms with E-state index < -0.39 is 0 Å². The Morgan fingerprint density at radius 2 is 0.980 bits per heavy atom. The third kappa shape index (κ3) is 4.18. The first-order valence-corrected chi connectivity index (χ1v) is 17.8. The lowest BCUT2D eigenvalue weighted by Crippen LogP contribution is -1.96. The van der Waals surface area contributed by atoms with Crippen molar-refractivity contribution in [2.75, 3.05) is 0 Å². The van der Waals surface area contributed by atoms with Gasteiger partial charge in [0, 0.05) is 43.7 Å². The molecule has 0 saturated heterocycles. The maximum Gasteiger partial charge on any atom is 0.135 e. The van der Waals surface area contributed by atoms with Crippen molar-refractivity contribution < 1.29 is 4.42 Å². The topological polar surface area (TPSA) is 23.0 Å². The zero-order chi connectivity index (χ0) is 33.5. The summed E-state index contributed by atoms with van der Waals surface area (Å²) in [7, 11) is 0. The van der Waals surface area contributed by atoms with Gasteiger partial charge in [0.25, 0.3) is 0 Å². The zero-order valence-electron chi connectivity index (χ0n) is 27.9. The number of nitrogens with zero attached hydrogens (tertiary/aromatic N) is 2. The molecule has 0 amide bonds. The van der Waals surface area contributed by atoms with Crippen LogP contribution in [0, 0.1) is 0 Å². The lowest BCUT2D eigenvalue weighted by molar-refractivity contribution is 0.669. The van der Waals surface area contributed by atoms with Gasteiger partial charge >= 0.3 is 0 Å². The molecule has 11 rings (SSSR count). The van der Waals surface area contributed by atoms with Crippen molar-refractivity contribution >= 4 is 71.2 Å². The molecule has 0 atom stereocenters. The largest absolute Gasteiger partial charge is 0.456 e. The number of benzene rings is 7. The van der Waals surface area contributed by atoms with Crippen molar-refractivity contribution in [3.63, 3.8) is 0 Å². The fraction of sp³-hybridized carbons (Fsp3) is 0.0417. The van der Waals surface area contributed by atoms with Crippen molar-refractivity contribution in [3.05, 3.63) is 170 Å². The summed E-state index contributed by atoms with van der Waals surface area (Å²) in [6.07, 6.45) is 9.07. The number of fused-ring (bicyclic) bond motifs is 9. The molecule has 1 aliphatic rings. The first kappa shape index (κ1) is 28.3. The summed E-state index contributed by atoms with van der Waals surface area (Å²) in [5.41, 5.74) is 13.9. The van der Waals surface area contributed by atoms with Crippen molar-refractivity contribution in [3.8, 4) is 27.9 Å². The molecule has 3 heterocycles. The summed E-state index contributed by atoms with van der Waals surface area (Å²) in [6, 6.07) is 54.9. The smallest absolute Gasteiger partial charge is 0.135 e. The second-order valence-corrected chi connectivity index (χ2v) is 13.6. The quantitative estimate of drug-likeness (QED) is 0.186. The molecule has 10 aromatic rings. The maximum atomic E-state index is 6.47. The molecule has 0 radical (unpaired) electrons. The molecule has 7 aromatic carbocycles. The van der Waals surface area contributed by atoms with Crippen LogP contribution < -0.4 is 0 Å². The highest BCUT2D eigenvalue weighted by molar-refractivity contribution is 6.19. The van der Waals surface area contributed by atoms with Crippen LogP contribution in [0.15, 0.2) is 174 Å². The molecule has 3 heteroatoms. The average Bonchev–Trinajstić information content (AvgIpc) is 3.86. The van der Waals surface area contributed by atoms with Gasteiger partial charge in [0.15, 0.2) is 0 Å². The minimum absolute atomic E-state index is 0.899. The molecule has 0 saturated carbocycles. The van der Waals surface area contributed by atoms with E-state index in [1.54, 1.807) is 0 Å². The molecule has 0 unspecified atom stereocenters. The molecule has 1 aliphatic carbocycles. The highest BCUT2D eigenvalue weighted by Gasteiger charge is 2.19. The number of hydrogen-bond donors (Lipinski definition) is 0. The van der Waals surface area contributed by atoms with Gasteiger partial charge in [-0.2, -0.15) is 0 Å². The Bertz CT molecular complexity index is 3070. The minimum Gasteiger partial charge on any atom is -0.456 e. The molecule has 240 valence electrons. The Labute approximate surface area is 294 Å². The van der Waals surface area contributed by atoms with E-state index in [-0.39, 0.29) is 0 Å². The van der Waals surface area contributed by atoms with E-state index >= 15 is 0 Å². The third-order valence-electron chi connectivity index (χ3n) is 10.7. The van der Waals surface area contributed by atoms with Gasteiger partial charge in [-0.3, -0.25) is 0 Å². The van der Waals surface area contributed by atoms with Crippen molar-refractivity contribution in [2.24, 2.45) is 0 Å². The predicted octanol–water partition coefficient (Wildman–Crippen LogP) is 13.3. The van der Waals surface area contributed by atoms with Gasteiger partial charge in [-0.1, -0.05) is 103 Å². The second-order valence-electron chi connectivity index (χ2n) is 13.6. The van der Waals surface area contributed by atoms with Crippen molar-refractivity contribution in [1.29, 1.82) is 0 Å². The van der Waals surface area contributed by atoms with Crippen molar-refractivity contribution in [2.45, 2.75) is 12.8 Å². The van der Waals surface area contributed by atoms with Gasteiger partial charge in [-0.15, -0.1) is 0 Å². The summed E-state index contributed by atoms with van der Waals surface area (Å²) in [5, 5.41) is 7.31. The highest BCUT2D eigenvalue weighted by Crippen LogP contribution is 2.43. The van der Waals surface area contributed by atoms with Gasteiger partial charge in [0.05, 0.1) is 22.1 Å². The van der Waals surface area contributed by atoms with Crippen molar-refractivity contribution in [1.82, 2.24) is 9.13 Å². The van der Waals surface area contributed by atoms with E-state index in [1.807, 2.05) is 0 Å². The first-order valence-electron chi connectivity index (χ1n) is 17.8. The fourth-order valence-electron chi connectivity index (χ4n) is 8.53. The van der Waals surface area contributed by atoms with Crippen LogP contribution in [-0.4, -0.2) is 9.13 Å². The van der Waals surface area contributed by atoms with Crippen LogP contribution in [0.5, 0.6) is 0 Å². The van der Waals surface area contributed by atoms with Gasteiger partial charge < -0.3 is 13.6 Å². The summed E-state index contributed by atoms with van der Waals surface area (Å²) >= 11 is 0. The molecular weight excluding hydrogens is 621 g/mol. The maximum absolute atomic E-state index is 6.47. The Morgan fingerprint density at radius 3 is 1.59 bits per heavy atom. The Kier molecular flexibility index (Phi) is 6.08. The zero-order valence-corrected chi connectivity index (χ0v) is 27.9. The van der Waals surface area contributed by atoms with Crippen LogP contribution in [0.25, 0.3) is 99.2 Å². The molecular formula is C48H32N2O. The molecule has 0 bridgehead atoms. The number of hydrogen-bond acceptors (Lipinski definition) is 1. The number of para-hydroxylation sites is 3. The van der Waals surface area contributed by atoms with Crippen LogP contribution in [0.4, 0.5) is 0 Å². The van der Waals surface area contributed by atoms with Gasteiger partial charge in [0.1, 0.15) is 11.2 Å². The van der Waals surface area contributed by atoms with E-state index in [1.165, 1.54) is 71.6 Å². The summed E-state index contributed by atoms with van der Waals surface area (Å²) in [6.45, 7) is 0. The van der Waals surface area contributed by atoms with E-state index in [0.717, 1.165) is 40.5 Å². The van der Waals surface area contributed by atoms with Crippen LogP contribution in [0.2, 0.25) is 0 Å². The second kappa shape index (κ2) is 11.0. The lowest BCUT2D eigenvalue weighted by atomic mass is 9.96. The van der Waals surface area contributed by atoms with Crippen LogP contribution >= 0.6 is 0 Å². The van der Waals surface area contributed by atoms with Gasteiger partial charge in [-0.05, 0) is 102 Å². The number of furan rings is 1. The Morgan fingerprint density at radius 1 is 0.431 bits per heavy atom. The average molecular weight is 653 g/mol. The molecule has 3 aromatic heterocycles. The third-order valence-corrected chi connectivity index (χ3v) is 10.7. The Balaban J connectivity index is 1.12. The standard InChI is InChI=1S/C48H32N2O/c1-3-13-33(14-4-1)49-41-21-9-7-17-37(41)47-35(19-11-23-43(47)49)31-25-27-45-39(29-31)40-30-32(26-28-46(40)51-45)36-20-12-24-44-48(36)38-18-8-10-22-42(38)50(44)34-15-5-2-6-16-34/h1,3-5,7-30H,2,6H2.